The molecule has 200 valence electrons. The number of benzene rings is 3. The highest BCUT2D eigenvalue weighted by Gasteiger charge is 2.23. The van der Waals surface area contributed by atoms with E-state index in [2.05, 4.69) is 27.5 Å². The summed E-state index contributed by atoms with van der Waals surface area (Å²) in [6.45, 7) is 2.08. The van der Waals surface area contributed by atoms with Gasteiger partial charge in [0, 0.05) is 17.5 Å². The summed E-state index contributed by atoms with van der Waals surface area (Å²) in [6, 6.07) is 23.5. The molecule has 6 rings (SSSR count). The van der Waals surface area contributed by atoms with E-state index in [0.29, 0.717) is 41.3 Å². The van der Waals surface area contributed by atoms with Crippen LogP contribution in [0.5, 0.6) is 5.75 Å². The Morgan fingerprint density at radius 3 is 2.48 bits per heavy atom. The minimum atomic E-state index is -0.141. The van der Waals surface area contributed by atoms with Crippen molar-refractivity contribution in [2.45, 2.75) is 32.6 Å². The Bertz CT molecular complexity index is 1800. The average molecular weight is 533 g/mol. The smallest absolute Gasteiger partial charge is 0.263 e. The van der Waals surface area contributed by atoms with Gasteiger partial charge < -0.3 is 4.74 Å². The van der Waals surface area contributed by atoms with Crippen molar-refractivity contribution in [3.05, 3.63) is 112 Å². The highest BCUT2D eigenvalue weighted by atomic mass is 16.5. The Hall–Kier alpha value is -5.05. The Morgan fingerprint density at radius 2 is 1.77 bits per heavy atom. The Balaban J connectivity index is 1.51. The molecule has 3 heterocycles. The number of nitrogens with zero attached hydrogens (tertiary/aromatic N) is 5. The van der Waals surface area contributed by atoms with E-state index in [1.807, 2.05) is 72.8 Å². The number of hydrazone groups is 1. The van der Waals surface area contributed by atoms with Crippen LogP contribution in [-0.4, -0.2) is 37.9 Å². The van der Waals surface area contributed by atoms with Crippen LogP contribution in [0.3, 0.4) is 0 Å². The van der Waals surface area contributed by atoms with Crippen molar-refractivity contribution in [2.24, 2.45) is 5.10 Å². The lowest BCUT2D eigenvalue weighted by Crippen LogP contribution is -2.28. The van der Waals surface area contributed by atoms with E-state index < -0.39 is 0 Å². The Morgan fingerprint density at radius 1 is 0.975 bits per heavy atom. The third-order valence-corrected chi connectivity index (χ3v) is 7.12. The molecule has 1 N–H and O–H groups in total. The first-order chi connectivity index (χ1) is 19.6. The van der Waals surface area contributed by atoms with Crippen LogP contribution in [0, 0.1) is 0 Å². The summed E-state index contributed by atoms with van der Waals surface area (Å²) < 4.78 is 8.68. The first-order valence-corrected chi connectivity index (χ1v) is 13.2. The molecule has 0 unspecified atom stereocenters. The van der Waals surface area contributed by atoms with E-state index in [1.54, 1.807) is 16.2 Å². The summed E-state index contributed by atoms with van der Waals surface area (Å²) in [4.78, 5) is 30.6. The standard InChI is InChI=1S/C31H28N6O3/c1-3-7-28-26(30(39)36(31-32-19-33-37(28)31)22-11-13-23(40-2)14-12-22)17-20-10-15-24(21-8-5-4-6-9-21)25(16-20)27-18-29(38)35-34-27/h4-6,8-16,19H,3,7,17-18H2,1-2H3,(H,35,38). The van der Waals surface area contributed by atoms with E-state index in [4.69, 9.17) is 4.74 Å². The van der Waals surface area contributed by atoms with E-state index in [-0.39, 0.29) is 17.9 Å². The van der Waals surface area contributed by atoms with Crippen LogP contribution in [0.2, 0.25) is 0 Å². The van der Waals surface area contributed by atoms with Crippen LogP contribution in [0.4, 0.5) is 0 Å². The number of ether oxygens (including phenoxy) is 1. The third-order valence-electron chi connectivity index (χ3n) is 7.12. The second-order valence-corrected chi connectivity index (χ2v) is 9.68. The van der Waals surface area contributed by atoms with Crippen LogP contribution in [-0.2, 0) is 17.6 Å². The van der Waals surface area contributed by atoms with Gasteiger partial charge in [0.1, 0.15) is 12.1 Å². The van der Waals surface area contributed by atoms with Gasteiger partial charge in [-0.05, 0) is 53.4 Å². The zero-order chi connectivity index (χ0) is 27.6. The van der Waals surface area contributed by atoms with Gasteiger partial charge in [0.25, 0.3) is 5.56 Å². The fraction of sp³-hybridized carbons (Fsp3) is 0.194. The van der Waals surface area contributed by atoms with Crippen LogP contribution < -0.4 is 15.7 Å². The van der Waals surface area contributed by atoms with E-state index >= 15 is 0 Å². The highest BCUT2D eigenvalue weighted by Crippen LogP contribution is 2.28. The highest BCUT2D eigenvalue weighted by molar-refractivity contribution is 6.16. The first kappa shape index (κ1) is 25.2. The summed E-state index contributed by atoms with van der Waals surface area (Å²) in [5.41, 5.74) is 9.10. The maximum absolute atomic E-state index is 14.2. The SMILES string of the molecule is CCCc1c(Cc2ccc(-c3ccccc3)c(C3=NNC(=O)C3)c2)c(=O)n(-c2ccc(OC)cc2)c2ncnn12. The van der Waals surface area contributed by atoms with Crippen molar-refractivity contribution in [3.8, 4) is 22.6 Å². The first-order valence-electron chi connectivity index (χ1n) is 13.2. The molecule has 0 spiro atoms. The van der Waals surface area contributed by atoms with Gasteiger partial charge >= 0.3 is 0 Å². The van der Waals surface area contributed by atoms with Gasteiger partial charge in [0.05, 0.1) is 30.6 Å². The molecule has 0 radical (unpaired) electrons. The number of amides is 1. The van der Waals surface area contributed by atoms with E-state index in [0.717, 1.165) is 34.4 Å². The van der Waals surface area contributed by atoms with Crippen molar-refractivity contribution in [3.63, 3.8) is 0 Å². The zero-order valence-corrected chi connectivity index (χ0v) is 22.3. The number of methoxy groups -OCH3 is 1. The molecule has 9 heteroatoms. The summed E-state index contributed by atoms with van der Waals surface area (Å²) >= 11 is 0. The van der Waals surface area contributed by atoms with Crippen molar-refractivity contribution < 1.29 is 9.53 Å². The summed E-state index contributed by atoms with van der Waals surface area (Å²) in [7, 11) is 1.61. The lowest BCUT2D eigenvalue weighted by atomic mass is 9.91. The quantitative estimate of drug-likeness (QED) is 0.321. The minimum absolute atomic E-state index is 0.136. The predicted octanol–water partition coefficient (Wildman–Crippen LogP) is 4.32. The second kappa shape index (κ2) is 10.6. The van der Waals surface area contributed by atoms with Crippen LogP contribution in [0.1, 0.15) is 42.1 Å². The molecule has 9 nitrogen and oxygen atoms in total. The van der Waals surface area contributed by atoms with E-state index in [9.17, 15) is 9.59 Å². The summed E-state index contributed by atoms with van der Waals surface area (Å²) in [6.07, 6.45) is 3.59. The molecule has 0 aliphatic carbocycles. The maximum atomic E-state index is 14.2. The molecule has 0 fully saturated rings. The molecule has 5 aromatic rings. The van der Waals surface area contributed by atoms with Crippen LogP contribution in [0.25, 0.3) is 22.6 Å². The number of carbonyl (C=O) groups excluding carboxylic acids is 1. The number of carbonyl (C=O) groups is 1. The second-order valence-electron chi connectivity index (χ2n) is 9.68. The summed E-state index contributed by atoms with van der Waals surface area (Å²) in [5.74, 6) is 1.03. The Labute approximate surface area is 230 Å². The number of aromatic nitrogens is 4. The van der Waals surface area contributed by atoms with Gasteiger partial charge in [-0.3, -0.25) is 9.59 Å². The number of fused-ring (bicyclic) bond motifs is 1. The molecular formula is C31H28N6O3. The van der Waals surface area contributed by atoms with Gasteiger partial charge in [0.2, 0.25) is 11.7 Å². The number of hydrogen-bond acceptors (Lipinski definition) is 6. The molecule has 0 bridgehead atoms. The van der Waals surface area contributed by atoms with E-state index in [1.165, 1.54) is 6.33 Å². The van der Waals surface area contributed by atoms with Crippen molar-refractivity contribution in [1.82, 2.24) is 24.6 Å². The maximum Gasteiger partial charge on any atom is 0.263 e. The molecule has 40 heavy (non-hydrogen) atoms. The number of rotatable bonds is 8. The lowest BCUT2D eigenvalue weighted by molar-refractivity contribution is -0.119. The molecule has 1 aliphatic rings. The number of aryl methyl sites for hydroxylation is 1. The lowest BCUT2D eigenvalue weighted by Gasteiger charge is -2.17. The van der Waals surface area contributed by atoms with Crippen LogP contribution in [0.15, 0.2) is 89.0 Å². The predicted molar refractivity (Wildman–Crippen MR) is 153 cm³/mol. The minimum Gasteiger partial charge on any atom is -0.497 e. The van der Waals surface area contributed by atoms with Gasteiger partial charge in [-0.15, -0.1) is 0 Å². The molecule has 0 saturated carbocycles. The molecular weight excluding hydrogens is 504 g/mol. The molecule has 1 amide bonds. The third kappa shape index (κ3) is 4.55. The molecule has 2 aromatic heterocycles. The molecule has 0 atom stereocenters. The normalized spacial score (nSPS) is 12.9. The number of hydrogen-bond donors (Lipinski definition) is 1. The fourth-order valence-electron chi connectivity index (χ4n) is 5.22. The largest absolute Gasteiger partial charge is 0.497 e. The van der Waals surface area contributed by atoms with Gasteiger partial charge in [-0.1, -0.05) is 55.8 Å². The average Bonchev–Trinajstić information content (AvgIpc) is 3.65. The summed E-state index contributed by atoms with van der Waals surface area (Å²) in [5, 5.41) is 8.81. The molecule has 3 aromatic carbocycles. The zero-order valence-electron chi connectivity index (χ0n) is 22.3. The van der Waals surface area contributed by atoms with Crippen molar-refractivity contribution >= 4 is 17.4 Å². The Kier molecular flexibility index (Phi) is 6.69. The number of nitrogens with one attached hydrogen (secondary N) is 1. The topological polar surface area (TPSA) is 103 Å². The molecule has 0 saturated heterocycles. The van der Waals surface area contributed by atoms with Crippen molar-refractivity contribution in [2.75, 3.05) is 7.11 Å². The van der Waals surface area contributed by atoms with Gasteiger partial charge in [-0.2, -0.15) is 15.2 Å². The van der Waals surface area contributed by atoms with Gasteiger partial charge in [0.15, 0.2) is 0 Å². The molecule has 1 aliphatic heterocycles. The van der Waals surface area contributed by atoms with Crippen molar-refractivity contribution in [1.29, 1.82) is 0 Å². The monoisotopic (exact) mass is 532 g/mol. The fourth-order valence-corrected chi connectivity index (χ4v) is 5.22. The van der Waals surface area contributed by atoms with Gasteiger partial charge in [-0.25, -0.2) is 14.5 Å². The van der Waals surface area contributed by atoms with Crippen LogP contribution >= 0.6 is 0 Å².